The highest BCUT2D eigenvalue weighted by Crippen LogP contribution is 1.99. The van der Waals surface area contributed by atoms with Crippen molar-refractivity contribution in [3.05, 3.63) is 72.1 Å². The lowest BCUT2D eigenvalue weighted by molar-refractivity contribution is 0.0955. The molecular weight excluding hydrogens is 238 g/mol. The summed E-state index contributed by atoms with van der Waals surface area (Å²) in [7, 11) is 0. The molecule has 1 aromatic heterocycles. The van der Waals surface area contributed by atoms with Gasteiger partial charge in [0.2, 0.25) is 0 Å². The van der Waals surface area contributed by atoms with Crippen LogP contribution in [0.5, 0.6) is 0 Å². The minimum absolute atomic E-state index is 0.258. The third-order valence-electron chi connectivity index (χ3n) is 2.36. The molecule has 0 unspecified atom stereocenters. The van der Waals surface area contributed by atoms with Crippen LogP contribution in [0.4, 0.5) is 0 Å². The Morgan fingerprint density at radius 3 is 2.58 bits per heavy atom. The van der Waals surface area contributed by atoms with Gasteiger partial charge in [-0.05, 0) is 23.8 Å². The normalized spacial score (nSPS) is 10.9. The second-order valence-electron chi connectivity index (χ2n) is 3.72. The molecule has 0 fully saturated rings. The number of benzene rings is 1. The van der Waals surface area contributed by atoms with E-state index in [0.717, 1.165) is 5.56 Å². The number of hydrogen-bond donors (Lipinski definition) is 1. The number of amides is 1. The van der Waals surface area contributed by atoms with E-state index in [1.807, 2.05) is 36.4 Å². The quantitative estimate of drug-likeness (QED) is 0.670. The van der Waals surface area contributed by atoms with E-state index in [4.69, 9.17) is 0 Å². The Bertz CT molecular complexity index is 577. The van der Waals surface area contributed by atoms with Crippen LogP contribution in [0, 0.1) is 0 Å². The molecule has 0 saturated carbocycles. The molecule has 1 heterocycles. The van der Waals surface area contributed by atoms with Gasteiger partial charge >= 0.3 is 0 Å². The van der Waals surface area contributed by atoms with E-state index in [1.165, 1.54) is 6.21 Å². The molecule has 0 spiro atoms. The standard InChI is InChI=1S/C15H13N3O/c19-15(14-8-11-16-12-9-14)18-17-10-4-7-13-5-2-1-3-6-13/h1-12H,(H,18,19). The second kappa shape index (κ2) is 6.86. The zero-order valence-corrected chi connectivity index (χ0v) is 10.2. The number of nitrogens with zero attached hydrogens (tertiary/aromatic N) is 2. The zero-order chi connectivity index (χ0) is 13.3. The summed E-state index contributed by atoms with van der Waals surface area (Å²) >= 11 is 0. The van der Waals surface area contributed by atoms with Crippen LogP contribution in [0.3, 0.4) is 0 Å². The maximum absolute atomic E-state index is 11.6. The fourth-order valence-electron chi connectivity index (χ4n) is 1.43. The van der Waals surface area contributed by atoms with Gasteiger partial charge in [-0.2, -0.15) is 5.10 Å². The van der Waals surface area contributed by atoms with Crippen molar-refractivity contribution >= 4 is 18.2 Å². The van der Waals surface area contributed by atoms with Gasteiger partial charge in [0, 0.05) is 24.2 Å². The molecule has 0 atom stereocenters. The van der Waals surface area contributed by atoms with Crippen molar-refractivity contribution < 1.29 is 4.79 Å². The molecule has 1 amide bonds. The molecule has 0 saturated heterocycles. The number of hydrogen-bond acceptors (Lipinski definition) is 3. The van der Waals surface area contributed by atoms with Crippen LogP contribution >= 0.6 is 0 Å². The number of pyridine rings is 1. The van der Waals surface area contributed by atoms with Gasteiger partial charge in [-0.1, -0.05) is 36.4 Å². The van der Waals surface area contributed by atoms with Crippen molar-refractivity contribution in [2.45, 2.75) is 0 Å². The third kappa shape index (κ3) is 4.20. The molecule has 1 N–H and O–H groups in total. The maximum Gasteiger partial charge on any atom is 0.271 e. The molecule has 0 radical (unpaired) electrons. The summed E-state index contributed by atoms with van der Waals surface area (Å²) in [5.74, 6) is -0.258. The summed E-state index contributed by atoms with van der Waals surface area (Å²) in [5.41, 5.74) is 4.04. The first-order valence-corrected chi connectivity index (χ1v) is 5.81. The minimum atomic E-state index is -0.258. The SMILES string of the molecule is O=C(NN=CC=Cc1ccccc1)c1ccncc1. The van der Waals surface area contributed by atoms with E-state index in [1.54, 1.807) is 30.6 Å². The number of hydrazone groups is 1. The highest BCUT2D eigenvalue weighted by Gasteiger charge is 2.01. The van der Waals surface area contributed by atoms with Crippen molar-refractivity contribution in [2.24, 2.45) is 5.10 Å². The predicted octanol–water partition coefficient (Wildman–Crippen LogP) is 2.51. The molecule has 0 bridgehead atoms. The first-order valence-electron chi connectivity index (χ1n) is 5.81. The summed E-state index contributed by atoms with van der Waals surface area (Å²) in [5, 5.41) is 3.83. The van der Waals surface area contributed by atoms with E-state index in [-0.39, 0.29) is 5.91 Å². The van der Waals surface area contributed by atoms with Gasteiger partial charge in [0.15, 0.2) is 0 Å². The maximum atomic E-state index is 11.6. The van der Waals surface area contributed by atoms with Crippen LogP contribution in [0.25, 0.3) is 6.08 Å². The van der Waals surface area contributed by atoms with Crippen LogP contribution in [0.1, 0.15) is 15.9 Å². The van der Waals surface area contributed by atoms with Crippen LogP contribution in [-0.4, -0.2) is 17.1 Å². The minimum Gasteiger partial charge on any atom is -0.267 e. The molecule has 2 aromatic rings. The molecular formula is C15H13N3O. The van der Waals surface area contributed by atoms with E-state index in [2.05, 4.69) is 15.5 Å². The Morgan fingerprint density at radius 2 is 1.84 bits per heavy atom. The zero-order valence-electron chi connectivity index (χ0n) is 10.2. The average Bonchev–Trinajstić information content (AvgIpc) is 2.49. The Labute approximate surface area is 111 Å². The lowest BCUT2D eigenvalue weighted by Gasteiger charge is -1.97. The van der Waals surface area contributed by atoms with Gasteiger partial charge in [0.05, 0.1) is 0 Å². The topological polar surface area (TPSA) is 54.4 Å². The smallest absolute Gasteiger partial charge is 0.267 e. The molecule has 4 nitrogen and oxygen atoms in total. The monoisotopic (exact) mass is 251 g/mol. The van der Waals surface area contributed by atoms with Gasteiger partial charge < -0.3 is 0 Å². The number of carbonyl (C=O) groups is 1. The molecule has 2 rings (SSSR count). The van der Waals surface area contributed by atoms with E-state index in [0.29, 0.717) is 5.56 Å². The van der Waals surface area contributed by atoms with Gasteiger partial charge in [0.1, 0.15) is 0 Å². The van der Waals surface area contributed by atoms with Crippen molar-refractivity contribution in [3.63, 3.8) is 0 Å². The lowest BCUT2D eigenvalue weighted by Crippen LogP contribution is -2.17. The largest absolute Gasteiger partial charge is 0.271 e. The summed E-state index contributed by atoms with van der Waals surface area (Å²) in [6, 6.07) is 13.1. The Morgan fingerprint density at radius 1 is 1.11 bits per heavy atom. The van der Waals surface area contributed by atoms with Gasteiger partial charge in [-0.15, -0.1) is 0 Å². The van der Waals surface area contributed by atoms with Crippen LogP contribution in [-0.2, 0) is 0 Å². The first-order chi connectivity index (χ1) is 9.36. The second-order valence-corrected chi connectivity index (χ2v) is 3.72. The van der Waals surface area contributed by atoms with Gasteiger partial charge in [0.25, 0.3) is 5.91 Å². The molecule has 94 valence electrons. The fourth-order valence-corrected chi connectivity index (χ4v) is 1.43. The van der Waals surface area contributed by atoms with Crippen molar-refractivity contribution in [3.8, 4) is 0 Å². The van der Waals surface area contributed by atoms with Crippen LogP contribution in [0.2, 0.25) is 0 Å². The van der Waals surface area contributed by atoms with E-state index < -0.39 is 0 Å². The molecule has 19 heavy (non-hydrogen) atoms. The summed E-state index contributed by atoms with van der Waals surface area (Å²) in [6.07, 6.45) is 8.33. The Balaban J connectivity index is 1.84. The summed E-state index contributed by atoms with van der Waals surface area (Å²) in [6.45, 7) is 0. The predicted molar refractivity (Wildman–Crippen MR) is 75.7 cm³/mol. The molecule has 0 aliphatic heterocycles. The number of rotatable bonds is 4. The average molecular weight is 251 g/mol. The molecule has 1 aromatic carbocycles. The van der Waals surface area contributed by atoms with Crippen LogP contribution < -0.4 is 5.43 Å². The van der Waals surface area contributed by atoms with Gasteiger partial charge in [-0.3, -0.25) is 9.78 Å². The first kappa shape index (κ1) is 12.7. The highest BCUT2D eigenvalue weighted by molar-refractivity contribution is 5.94. The van der Waals surface area contributed by atoms with E-state index >= 15 is 0 Å². The molecule has 0 aliphatic rings. The van der Waals surface area contributed by atoms with Gasteiger partial charge in [-0.25, -0.2) is 5.43 Å². The Hall–Kier alpha value is -2.75. The van der Waals surface area contributed by atoms with Crippen molar-refractivity contribution in [1.82, 2.24) is 10.4 Å². The Kier molecular flexibility index (Phi) is 4.58. The third-order valence-corrected chi connectivity index (χ3v) is 2.36. The van der Waals surface area contributed by atoms with Crippen molar-refractivity contribution in [1.29, 1.82) is 0 Å². The summed E-state index contributed by atoms with van der Waals surface area (Å²) < 4.78 is 0. The lowest BCUT2D eigenvalue weighted by atomic mass is 10.2. The number of nitrogens with one attached hydrogen (secondary N) is 1. The van der Waals surface area contributed by atoms with Crippen LogP contribution in [0.15, 0.2) is 66.0 Å². The summed E-state index contributed by atoms with van der Waals surface area (Å²) in [4.78, 5) is 15.4. The number of carbonyl (C=O) groups excluding carboxylic acids is 1. The van der Waals surface area contributed by atoms with Crippen molar-refractivity contribution in [2.75, 3.05) is 0 Å². The number of allylic oxidation sites excluding steroid dienone is 1. The molecule has 0 aliphatic carbocycles. The fraction of sp³-hybridized carbons (Fsp3) is 0. The molecule has 4 heteroatoms. The van der Waals surface area contributed by atoms with E-state index in [9.17, 15) is 4.79 Å². The number of aromatic nitrogens is 1. The highest BCUT2D eigenvalue weighted by atomic mass is 16.2.